The van der Waals surface area contributed by atoms with Crippen LogP contribution in [-0.4, -0.2) is 59.6 Å². The molecule has 3 saturated heterocycles. The van der Waals surface area contributed by atoms with Crippen molar-refractivity contribution >= 4 is 22.6 Å². The summed E-state index contributed by atoms with van der Waals surface area (Å²) in [7, 11) is 0. The van der Waals surface area contributed by atoms with E-state index in [1.165, 1.54) is 67.6 Å². The zero-order valence-electron chi connectivity index (χ0n) is 8.34. The van der Waals surface area contributed by atoms with Crippen LogP contribution in [0.15, 0.2) is 0 Å². The van der Waals surface area contributed by atoms with Gasteiger partial charge in [0.2, 0.25) is 0 Å². The largest absolute Gasteiger partial charge is 0.320 e. The van der Waals surface area contributed by atoms with E-state index in [4.69, 9.17) is 0 Å². The summed E-state index contributed by atoms with van der Waals surface area (Å²) < 4.78 is 2.79. The van der Waals surface area contributed by atoms with Gasteiger partial charge < -0.3 is 4.48 Å². The van der Waals surface area contributed by atoms with Gasteiger partial charge in [-0.2, -0.15) is 0 Å². The van der Waals surface area contributed by atoms with E-state index in [1.807, 2.05) is 0 Å². The van der Waals surface area contributed by atoms with Crippen molar-refractivity contribution in [2.45, 2.75) is 12.8 Å². The van der Waals surface area contributed by atoms with Gasteiger partial charge in [0.15, 0.2) is 0 Å². The zero-order valence-corrected chi connectivity index (χ0v) is 10.5. The fraction of sp³-hybridized carbons (Fsp3) is 1.00. The highest BCUT2D eigenvalue weighted by molar-refractivity contribution is 14.1. The van der Waals surface area contributed by atoms with Gasteiger partial charge in [0.1, 0.15) is 0 Å². The van der Waals surface area contributed by atoms with Gasteiger partial charge in [0, 0.05) is 19.6 Å². The van der Waals surface area contributed by atoms with E-state index in [0.29, 0.717) is 0 Å². The number of unbranched alkanes of at least 4 members (excludes halogenated alkanes) is 1. The first-order chi connectivity index (χ1) is 6.35. The first-order valence-electron chi connectivity index (χ1n) is 5.48. The summed E-state index contributed by atoms with van der Waals surface area (Å²) in [5.74, 6) is 0. The van der Waals surface area contributed by atoms with Gasteiger partial charge in [-0.3, -0.25) is 4.90 Å². The maximum atomic E-state index is 2.62. The molecule has 3 heteroatoms. The summed E-state index contributed by atoms with van der Waals surface area (Å²) in [5.41, 5.74) is 0. The topological polar surface area (TPSA) is 3.24 Å². The van der Waals surface area contributed by atoms with Crippen LogP contribution in [-0.2, 0) is 0 Å². The average molecular weight is 295 g/mol. The van der Waals surface area contributed by atoms with Crippen LogP contribution in [0.3, 0.4) is 0 Å². The van der Waals surface area contributed by atoms with Crippen molar-refractivity contribution in [3.8, 4) is 0 Å². The number of piperazine rings is 3. The Labute approximate surface area is 95.0 Å². The Bertz CT molecular complexity index is 151. The Hall–Kier alpha value is 0.650. The Morgan fingerprint density at radius 2 is 1.62 bits per heavy atom. The zero-order chi connectivity index (χ0) is 9.15. The number of alkyl halides is 1. The van der Waals surface area contributed by atoms with Crippen molar-refractivity contribution < 1.29 is 4.48 Å². The van der Waals surface area contributed by atoms with E-state index in [1.54, 1.807) is 0 Å². The Morgan fingerprint density at radius 1 is 1.00 bits per heavy atom. The van der Waals surface area contributed by atoms with Crippen LogP contribution in [0.1, 0.15) is 12.8 Å². The third-order valence-corrected chi connectivity index (χ3v) is 4.45. The minimum Gasteiger partial charge on any atom is -0.320 e. The molecule has 3 heterocycles. The first-order valence-corrected chi connectivity index (χ1v) is 7.01. The number of rotatable bonds is 4. The number of hydrogen-bond donors (Lipinski definition) is 0. The second kappa shape index (κ2) is 4.45. The molecule has 0 aromatic carbocycles. The maximum Gasteiger partial charge on any atom is 0.0916 e. The molecule has 0 atom stereocenters. The Balaban J connectivity index is 1.81. The molecule has 76 valence electrons. The summed E-state index contributed by atoms with van der Waals surface area (Å²) in [5, 5.41) is 0. The summed E-state index contributed by atoms with van der Waals surface area (Å²) in [4.78, 5) is 2.62. The summed E-state index contributed by atoms with van der Waals surface area (Å²) in [6.07, 6.45) is 2.87. The molecule has 0 N–H and O–H groups in total. The van der Waals surface area contributed by atoms with E-state index in [2.05, 4.69) is 27.5 Å². The van der Waals surface area contributed by atoms with E-state index >= 15 is 0 Å². The van der Waals surface area contributed by atoms with Gasteiger partial charge in [-0.1, -0.05) is 22.6 Å². The first kappa shape index (κ1) is 10.2. The maximum absolute atomic E-state index is 2.62. The van der Waals surface area contributed by atoms with Gasteiger partial charge in [-0.15, -0.1) is 0 Å². The standard InChI is InChI=1S/C10H20IN2/c11-3-1-2-7-13-8-4-12(5-9-13)6-10-13/h1-10H2/q+1. The quantitative estimate of drug-likeness (QED) is 0.327. The monoisotopic (exact) mass is 295 g/mol. The summed E-state index contributed by atoms with van der Waals surface area (Å²) in [6.45, 7) is 9.85. The highest BCUT2D eigenvalue weighted by atomic mass is 127. The van der Waals surface area contributed by atoms with Crippen LogP contribution < -0.4 is 0 Å². The van der Waals surface area contributed by atoms with Crippen molar-refractivity contribution in [1.29, 1.82) is 0 Å². The molecular formula is C10H20IN2+. The molecule has 0 radical (unpaired) electrons. The van der Waals surface area contributed by atoms with Gasteiger partial charge in [0.05, 0.1) is 26.2 Å². The number of hydrogen-bond acceptors (Lipinski definition) is 1. The van der Waals surface area contributed by atoms with Crippen LogP contribution in [0, 0.1) is 0 Å². The lowest BCUT2D eigenvalue weighted by Gasteiger charge is -2.50. The van der Waals surface area contributed by atoms with Crippen molar-refractivity contribution in [2.24, 2.45) is 0 Å². The lowest BCUT2D eigenvalue weighted by Crippen LogP contribution is -2.67. The number of halogens is 1. The van der Waals surface area contributed by atoms with Crippen LogP contribution in [0.25, 0.3) is 0 Å². The second-order valence-electron chi connectivity index (χ2n) is 4.47. The highest BCUT2D eigenvalue weighted by Gasteiger charge is 2.37. The van der Waals surface area contributed by atoms with Crippen molar-refractivity contribution in [3.05, 3.63) is 0 Å². The molecule has 3 aliphatic rings. The lowest BCUT2D eigenvalue weighted by molar-refractivity contribution is -0.941. The minimum atomic E-state index is 1.34. The summed E-state index contributed by atoms with van der Waals surface area (Å²) >= 11 is 2.49. The fourth-order valence-electron chi connectivity index (χ4n) is 2.61. The third kappa shape index (κ3) is 2.36. The number of quaternary nitrogens is 1. The molecule has 0 amide bonds. The van der Waals surface area contributed by atoms with Crippen LogP contribution in [0.4, 0.5) is 0 Å². The lowest BCUT2D eigenvalue weighted by atomic mass is 10.1. The van der Waals surface area contributed by atoms with Gasteiger partial charge in [-0.25, -0.2) is 0 Å². The molecule has 3 fully saturated rings. The molecule has 13 heavy (non-hydrogen) atoms. The summed E-state index contributed by atoms with van der Waals surface area (Å²) in [6, 6.07) is 0. The molecule has 0 spiro atoms. The van der Waals surface area contributed by atoms with Crippen LogP contribution in [0.2, 0.25) is 0 Å². The Kier molecular flexibility index (Phi) is 3.48. The molecule has 0 aromatic rings. The van der Waals surface area contributed by atoms with Crippen molar-refractivity contribution in [3.63, 3.8) is 0 Å². The molecule has 0 aliphatic carbocycles. The molecule has 0 aromatic heterocycles. The van der Waals surface area contributed by atoms with E-state index < -0.39 is 0 Å². The van der Waals surface area contributed by atoms with Gasteiger partial charge in [0.25, 0.3) is 0 Å². The third-order valence-electron chi connectivity index (χ3n) is 3.69. The van der Waals surface area contributed by atoms with E-state index in [-0.39, 0.29) is 0 Å². The van der Waals surface area contributed by atoms with E-state index in [9.17, 15) is 0 Å². The van der Waals surface area contributed by atoms with Gasteiger partial charge in [-0.05, 0) is 17.3 Å². The van der Waals surface area contributed by atoms with E-state index in [0.717, 1.165) is 0 Å². The van der Waals surface area contributed by atoms with Crippen LogP contribution in [0.5, 0.6) is 0 Å². The number of fused-ring (bicyclic) bond motifs is 3. The van der Waals surface area contributed by atoms with Crippen LogP contribution >= 0.6 is 22.6 Å². The Morgan fingerprint density at radius 3 is 2.15 bits per heavy atom. The van der Waals surface area contributed by atoms with Crippen molar-refractivity contribution in [1.82, 2.24) is 4.90 Å². The smallest absolute Gasteiger partial charge is 0.0916 e. The second-order valence-corrected chi connectivity index (χ2v) is 5.55. The van der Waals surface area contributed by atoms with Gasteiger partial charge >= 0.3 is 0 Å². The predicted molar refractivity (Wildman–Crippen MR) is 64.3 cm³/mol. The predicted octanol–water partition coefficient (Wildman–Crippen LogP) is 1.35. The molecule has 0 saturated carbocycles. The number of nitrogens with zero attached hydrogens (tertiary/aromatic N) is 2. The SMILES string of the molecule is ICCCC[N+]12CCN(CC1)CC2. The van der Waals surface area contributed by atoms with Crippen molar-refractivity contribution in [2.75, 3.05) is 50.2 Å². The molecule has 2 nitrogen and oxygen atoms in total. The molecule has 3 rings (SSSR count). The minimum absolute atomic E-state index is 1.34. The normalized spacial score (nSPS) is 38.1. The highest BCUT2D eigenvalue weighted by Crippen LogP contribution is 2.20. The molecule has 2 bridgehead atoms. The molecule has 0 unspecified atom stereocenters. The molecular weight excluding hydrogens is 275 g/mol. The fourth-order valence-corrected chi connectivity index (χ4v) is 3.15. The molecule has 3 aliphatic heterocycles. The average Bonchev–Trinajstić information content (AvgIpc) is 2.21.